The van der Waals surface area contributed by atoms with Crippen LogP contribution in [0, 0.1) is 15.9 Å². The molecule has 7 nitrogen and oxygen atoms in total. The van der Waals surface area contributed by atoms with E-state index in [0.717, 1.165) is 24.3 Å². The van der Waals surface area contributed by atoms with Crippen LogP contribution in [-0.4, -0.2) is 41.2 Å². The van der Waals surface area contributed by atoms with E-state index in [1.54, 1.807) is 0 Å². The van der Waals surface area contributed by atoms with Crippen molar-refractivity contribution in [2.24, 2.45) is 0 Å². The third kappa shape index (κ3) is 5.48. The topological polar surface area (TPSA) is 85.1 Å². The van der Waals surface area contributed by atoms with E-state index in [-0.39, 0.29) is 36.3 Å². The molecule has 35 heavy (non-hydrogen) atoms. The van der Waals surface area contributed by atoms with Crippen LogP contribution in [0.5, 0.6) is 0 Å². The van der Waals surface area contributed by atoms with Crippen molar-refractivity contribution in [1.29, 1.82) is 0 Å². The van der Waals surface area contributed by atoms with Crippen molar-refractivity contribution >= 4 is 5.69 Å². The minimum atomic E-state index is -4.48. The summed E-state index contributed by atoms with van der Waals surface area (Å²) in [5, 5.41) is 22.5. The van der Waals surface area contributed by atoms with Crippen LogP contribution in [0.3, 0.4) is 0 Å². The standard InChI is InChI=1S/C24H26F4N2O5/c25-19-5-6-20(21(16-19)30(32)33)23(10-14-34-35-23)7-2-11-29-12-8-22(31,9-13-29)17-3-1-4-18(15-17)24(26,27)28/h1,3-6,15-16,31H,2,7-14H2. The fourth-order valence-electron chi connectivity index (χ4n) is 4.93. The van der Waals surface area contributed by atoms with E-state index < -0.39 is 33.7 Å². The Morgan fingerprint density at radius 2 is 1.86 bits per heavy atom. The number of piperidine rings is 1. The minimum absolute atomic E-state index is 0.252. The fraction of sp³-hybridized carbons (Fsp3) is 0.500. The fourth-order valence-corrected chi connectivity index (χ4v) is 4.93. The largest absolute Gasteiger partial charge is 0.416 e. The van der Waals surface area contributed by atoms with Crippen LogP contribution in [0.25, 0.3) is 0 Å². The number of hydrogen-bond donors (Lipinski definition) is 1. The molecule has 0 aliphatic carbocycles. The molecule has 2 aromatic carbocycles. The Hall–Kier alpha value is -2.60. The second-order valence-corrected chi connectivity index (χ2v) is 9.12. The molecule has 0 aromatic heterocycles. The molecule has 2 fully saturated rings. The van der Waals surface area contributed by atoms with Gasteiger partial charge in [-0.25, -0.2) is 14.2 Å². The van der Waals surface area contributed by atoms with Crippen molar-refractivity contribution in [3.05, 3.63) is 75.1 Å². The van der Waals surface area contributed by atoms with E-state index in [1.165, 1.54) is 18.2 Å². The summed E-state index contributed by atoms with van der Waals surface area (Å²) in [6.07, 6.45) is -2.55. The summed E-state index contributed by atoms with van der Waals surface area (Å²) in [5.41, 5.74) is -3.03. The van der Waals surface area contributed by atoms with Gasteiger partial charge in [0.2, 0.25) is 0 Å². The zero-order chi connectivity index (χ0) is 25.3. The maximum absolute atomic E-state index is 13.6. The van der Waals surface area contributed by atoms with Gasteiger partial charge in [0.05, 0.1) is 34.3 Å². The molecule has 190 valence electrons. The number of rotatable bonds is 7. The third-order valence-electron chi connectivity index (χ3n) is 6.92. The molecule has 2 aliphatic heterocycles. The number of alkyl halides is 3. The number of benzene rings is 2. The Labute approximate surface area is 199 Å². The minimum Gasteiger partial charge on any atom is -0.385 e. The molecule has 0 saturated carbocycles. The molecule has 2 aromatic rings. The van der Waals surface area contributed by atoms with Crippen molar-refractivity contribution in [3.8, 4) is 0 Å². The highest BCUT2D eigenvalue weighted by molar-refractivity contribution is 5.44. The van der Waals surface area contributed by atoms with Gasteiger partial charge in [-0.3, -0.25) is 10.1 Å². The van der Waals surface area contributed by atoms with Gasteiger partial charge >= 0.3 is 6.18 Å². The van der Waals surface area contributed by atoms with Crippen LogP contribution in [0.4, 0.5) is 23.2 Å². The first-order chi connectivity index (χ1) is 16.5. The first-order valence-electron chi connectivity index (χ1n) is 11.4. The van der Waals surface area contributed by atoms with Crippen molar-refractivity contribution in [3.63, 3.8) is 0 Å². The third-order valence-corrected chi connectivity index (χ3v) is 6.92. The van der Waals surface area contributed by atoms with Crippen molar-refractivity contribution in [2.75, 3.05) is 26.2 Å². The Bertz CT molecular complexity index is 1060. The summed E-state index contributed by atoms with van der Waals surface area (Å²) in [6.45, 7) is 1.81. The molecule has 4 rings (SSSR count). The molecular formula is C24H26F4N2O5. The van der Waals surface area contributed by atoms with Crippen molar-refractivity contribution in [2.45, 2.75) is 49.5 Å². The van der Waals surface area contributed by atoms with Gasteiger partial charge in [0, 0.05) is 19.5 Å². The first kappa shape index (κ1) is 25.5. The lowest BCUT2D eigenvalue weighted by atomic mass is 9.83. The van der Waals surface area contributed by atoms with Gasteiger partial charge in [0.1, 0.15) is 11.4 Å². The highest BCUT2D eigenvalue weighted by atomic mass is 19.4. The lowest BCUT2D eigenvalue weighted by Crippen LogP contribution is -2.43. The number of hydrogen-bond acceptors (Lipinski definition) is 6. The molecule has 1 N–H and O–H groups in total. The summed E-state index contributed by atoms with van der Waals surface area (Å²) in [5.74, 6) is -0.712. The molecule has 0 spiro atoms. The van der Waals surface area contributed by atoms with E-state index in [4.69, 9.17) is 9.78 Å². The van der Waals surface area contributed by atoms with E-state index in [0.29, 0.717) is 38.9 Å². The van der Waals surface area contributed by atoms with Crippen LogP contribution in [0.1, 0.15) is 48.8 Å². The molecule has 1 unspecified atom stereocenters. The summed E-state index contributed by atoms with van der Waals surface area (Å²) >= 11 is 0. The van der Waals surface area contributed by atoms with Gasteiger partial charge in [0.15, 0.2) is 0 Å². The number of nitro benzene ring substituents is 1. The van der Waals surface area contributed by atoms with E-state index >= 15 is 0 Å². The summed E-state index contributed by atoms with van der Waals surface area (Å²) < 4.78 is 52.8. The number of nitro groups is 1. The lowest BCUT2D eigenvalue weighted by Gasteiger charge is -2.39. The molecule has 0 radical (unpaired) electrons. The predicted molar refractivity (Wildman–Crippen MR) is 117 cm³/mol. The highest BCUT2D eigenvalue weighted by Gasteiger charge is 2.44. The average Bonchev–Trinajstić information content (AvgIpc) is 3.30. The summed E-state index contributed by atoms with van der Waals surface area (Å²) in [6, 6.07) is 8.20. The molecule has 1 atom stereocenters. The van der Waals surface area contributed by atoms with Gasteiger partial charge in [0.25, 0.3) is 5.69 Å². The van der Waals surface area contributed by atoms with Crippen LogP contribution in [-0.2, 0) is 27.2 Å². The van der Waals surface area contributed by atoms with Gasteiger partial charge in [-0.1, -0.05) is 12.1 Å². The van der Waals surface area contributed by atoms with Crippen LogP contribution < -0.4 is 0 Å². The maximum atomic E-state index is 13.6. The maximum Gasteiger partial charge on any atom is 0.416 e. The van der Waals surface area contributed by atoms with Crippen molar-refractivity contribution < 1.29 is 37.4 Å². The van der Waals surface area contributed by atoms with Crippen LogP contribution in [0.15, 0.2) is 42.5 Å². The zero-order valence-corrected chi connectivity index (χ0v) is 18.9. The molecular weight excluding hydrogens is 472 g/mol. The second kappa shape index (κ2) is 9.81. The first-order valence-corrected chi connectivity index (χ1v) is 11.4. The number of nitrogens with zero attached hydrogens (tertiary/aromatic N) is 2. The molecule has 2 saturated heterocycles. The molecule has 0 bridgehead atoms. The number of halogens is 4. The van der Waals surface area contributed by atoms with Crippen LogP contribution >= 0.6 is 0 Å². The SMILES string of the molecule is O=[N+]([O-])c1cc(F)ccc1C1(CCCN2CCC(O)(c3cccc(C(F)(F)F)c3)CC2)CCOO1. The van der Waals surface area contributed by atoms with E-state index in [9.17, 15) is 32.8 Å². The predicted octanol–water partition coefficient (Wildman–Crippen LogP) is 5.06. The molecule has 11 heteroatoms. The Morgan fingerprint density at radius 1 is 1.11 bits per heavy atom. The second-order valence-electron chi connectivity index (χ2n) is 9.12. The van der Waals surface area contributed by atoms with Gasteiger partial charge in [-0.2, -0.15) is 13.2 Å². The van der Waals surface area contributed by atoms with Crippen LogP contribution in [0.2, 0.25) is 0 Å². The summed E-state index contributed by atoms with van der Waals surface area (Å²) in [7, 11) is 0. The van der Waals surface area contributed by atoms with E-state index in [1.807, 2.05) is 0 Å². The smallest absolute Gasteiger partial charge is 0.385 e. The average molecular weight is 498 g/mol. The van der Waals surface area contributed by atoms with E-state index in [2.05, 4.69) is 4.90 Å². The monoisotopic (exact) mass is 498 g/mol. The normalized spacial score (nSPS) is 22.9. The summed E-state index contributed by atoms with van der Waals surface area (Å²) in [4.78, 5) is 23.5. The number of aliphatic hydroxyl groups is 1. The molecule has 0 amide bonds. The van der Waals surface area contributed by atoms with Gasteiger partial charge in [-0.05, 0) is 62.1 Å². The Balaban J connectivity index is 1.38. The lowest BCUT2D eigenvalue weighted by molar-refractivity contribution is -0.389. The molecule has 2 heterocycles. The van der Waals surface area contributed by atoms with Crippen molar-refractivity contribution in [1.82, 2.24) is 4.90 Å². The quantitative estimate of drug-likeness (QED) is 0.249. The van der Waals surface area contributed by atoms with Gasteiger partial charge < -0.3 is 10.0 Å². The van der Waals surface area contributed by atoms with Gasteiger partial charge in [-0.15, -0.1) is 0 Å². The number of likely N-dealkylation sites (tertiary alicyclic amines) is 1. The molecule has 2 aliphatic rings. The Kier molecular flexibility index (Phi) is 7.14. The zero-order valence-electron chi connectivity index (χ0n) is 18.9. The Morgan fingerprint density at radius 3 is 2.49 bits per heavy atom. The highest BCUT2D eigenvalue weighted by Crippen LogP contribution is 2.43.